The molecule has 0 aromatic heterocycles. The van der Waals surface area contributed by atoms with Gasteiger partial charge in [-0.05, 0) is 30.2 Å². The van der Waals surface area contributed by atoms with E-state index in [0.29, 0.717) is 15.9 Å². The van der Waals surface area contributed by atoms with Gasteiger partial charge >= 0.3 is 0 Å². The van der Waals surface area contributed by atoms with E-state index in [1.165, 1.54) is 6.07 Å². The van der Waals surface area contributed by atoms with Crippen LogP contribution in [0.1, 0.15) is 5.56 Å². The van der Waals surface area contributed by atoms with Crippen molar-refractivity contribution in [3.63, 3.8) is 0 Å². The van der Waals surface area contributed by atoms with Crippen LogP contribution in [0.3, 0.4) is 0 Å². The molecular formula is C17H17F3N2O3S. The van der Waals surface area contributed by atoms with Crippen molar-refractivity contribution < 1.29 is 26.4 Å². The molecule has 0 radical (unpaired) electrons. The number of benzene rings is 2. The van der Waals surface area contributed by atoms with E-state index in [1.54, 1.807) is 18.2 Å². The molecule has 0 atom stereocenters. The van der Waals surface area contributed by atoms with Gasteiger partial charge in [-0.25, -0.2) is 21.6 Å². The van der Waals surface area contributed by atoms with E-state index in [4.69, 9.17) is 0 Å². The lowest BCUT2D eigenvalue weighted by Crippen LogP contribution is -2.41. The number of sulfonamides is 1. The molecule has 0 saturated heterocycles. The zero-order valence-electron chi connectivity index (χ0n) is 13.9. The Balaban J connectivity index is 2.04. The summed E-state index contributed by atoms with van der Waals surface area (Å²) in [6.07, 6.45) is 1.02. The Morgan fingerprint density at radius 1 is 1.08 bits per heavy atom. The highest BCUT2D eigenvalue weighted by Gasteiger charge is 2.23. The molecule has 0 saturated carbocycles. The molecule has 2 aromatic carbocycles. The largest absolute Gasteiger partial charge is 0.354 e. The quantitative estimate of drug-likeness (QED) is 0.794. The highest BCUT2D eigenvalue weighted by atomic mass is 32.2. The van der Waals surface area contributed by atoms with Crippen molar-refractivity contribution in [2.45, 2.75) is 6.42 Å². The molecule has 0 unspecified atom stereocenters. The maximum atomic E-state index is 13.9. The van der Waals surface area contributed by atoms with Crippen LogP contribution in [0.25, 0.3) is 0 Å². The summed E-state index contributed by atoms with van der Waals surface area (Å²) in [7, 11) is -3.98. The predicted molar refractivity (Wildman–Crippen MR) is 91.7 cm³/mol. The molecule has 2 rings (SSSR count). The molecule has 0 aliphatic carbocycles. The lowest BCUT2D eigenvalue weighted by molar-refractivity contribution is -0.119. The van der Waals surface area contributed by atoms with Crippen LogP contribution < -0.4 is 9.62 Å². The van der Waals surface area contributed by atoms with Gasteiger partial charge in [0.05, 0.1) is 11.9 Å². The van der Waals surface area contributed by atoms with Gasteiger partial charge in [-0.3, -0.25) is 9.10 Å². The molecule has 2 aromatic rings. The second kappa shape index (κ2) is 8.22. The number of anilines is 1. The molecule has 26 heavy (non-hydrogen) atoms. The molecular weight excluding hydrogens is 369 g/mol. The fourth-order valence-electron chi connectivity index (χ4n) is 2.29. The molecule has 0 fully saturated rings. The van der Waals surface area contributed by atoms with E-state index in [-0.39, 0.29) is 13.0 Å². The molecule has 9 heteroatoms. The molecule has 0 spiro atoms. The summed E-state index contributed by atoms with van der Waals surface area (Å²) in [5, 5.41) is 2.45. The fourth-order valence-corrected chi connectivity index (χ4v) is 3.15. The van der Waals surface area contributed by atoms with Gasteiger partial charge in [0, 0.05) is 12.6 Å². The number of nitrogens with one attached hydrogen (secondary N) is 1. The zero-order valence-corrected chi connectivity index (χ0v) is 14.7. The normalized spacial score (nSPS) is 11.2. The van der Waals surface area contributed by atoms with Crippen LogP contribution in [0.4, 0.5) is 18.9 Å². The molecule has 1 N–H and O–H groups in total. The first-order chi connectivity index (χ1) is 12.2. The maximum absolute atomic E-state index is 13.9. The van der Waals surface area contributed by atoms with Gasteiger partial charge in [-0.1, -0.05) is 18.2 Å². The highest BCUT2D eigenvalue weighted by Crippen LogP contribution is 2.22. The SMILES string of the molecule is CS(=O)(=O)N(CC(=O)NCCc1ccccc1F)c1ccc(F)cc1F. The predicted octanol–water partition coefficient (Wildman–Crippen LogP) is 2.23. The minimum absolute atomic E-state index is 0.0727. The number of carbonyl (C=O) groups is 1. The number of nitrogens with zero attached hydrogens (tertiary/aromatic N) is 1. The summed E-state index contributed by atoms with van der Waals surface area (Å²) in [5.41, 5.74) is -0.0319. The Kier molecular flexibility index (Phi) is 6.25. The van der Waals surface area contributed by atoms with Crippen molar-refractivity contribution in [1.29, 1.82) is 0 Å². The fraction of sp³-hybridized carbons (Fsp3) is 0.235. The summed E-state index contributed by atoms with van der Waals surface area (Å²) in [6.45, 7) is -0.609. The van der Waals surface area contributed by atoms with Crippen LogP contribution in [0.5, 0.6) is 0 Å². The van der Waals surface area contributed by atoms with E-state index in [1.807, 2.05) is 0 Å². The summed E-state index contributed by atoms with van der Waals surface area (Å²) >= 11 is 0. The number of halogens is 3. The lowest BCUT2D eigenvalue weighted by atomic mass is 10.1. The van der Waals surface area contributed by atoms with Gasteiger partial charge in [0.15, 0.2) is 0 Å². The van der Waals surface area contributed by atoms with Gasteiger partial charge in [-0.2, -0.15) is 0 Å². The topological polar surface area (TPSA) is 66.5 Å². The van der Waals surface area contributed by atoms with Gasteiger partial charge < -0.3 is 5.32 Å². The van der Waals surface area contributed by atoms with Crippen LogP contribution >= 0.6 is 0 Å². The standard InChI is InChI=1S/C17H17F3N2O3S/c1-26(24,25)22(16-7-6-13(18)10-15(16)20)11-17(23)21-9-8-12-4-2-3-5-14(12)19/h2-7,10H,8-9,11H2,1H3,(H,21,23). The minimum atomic E-state index is -3.98. The maximum Gasteiger partial charge on any atom is 0.240 e. The molecule has 0 bridgehead atoms. The van der Waals surface area contributed by atoms with Crippen molar-refractivity contribution in [3.05, 3.63) is 65.5 Å². The smallest absolute Gasteiger partial charge is 0.240 e. The van der Waals surface area contributed by atoms with Gasteiger partial charge in [0.1, 0.15) is 24.0 Å². The summed E-state index contributed by atoms with van der Waals surface area (Å²) < 4.78 is 64.7. The molecule has 0 aliphatic heterocycles. The van der Waals surface area contributed by atoms with E-state index in [0.717, 1.165) is 18.4 Å². The van der Waals surface area contributed by atoms with Gasteiger partial charge in [-0.15, -0.1) is 0 Å². The minimum Gasteiger partial charge on any atom is -0.354 e. The summed E-state index contributed by atoms with van der Waals surface area (Å²) in [4.78, 5) is 12.0. The average molecular weight is 386 g/mol. The van der Waals surface area contributed by atoms with Crippen LogP contribution in [-0.4, -0.2) is 33.7 Å². The molecule has 5 nitrogen and oxygen atoms in total. The Hall–Kier alpha value is -2.55. The van der Waals surface area contributed by atoms with Crippen LogP contribution in [0.2, 0.25) is 0 Å². The van der Waals surface area contributed by atoms with Gasteiger partial charge in [0.2, 0.25) is 15.9 Å². The lowest BCUT2D eigenvalue weighted by Gasteiger charge is -2.22. The number of carbonyl (C=O) groups excluding carboxylic acids is 1. The Morgan fingerprint density at radius 2 is 1.77 bits per heavy atom. The molecule has 0 aliphatic rings. The summed E-state index contributed by atoms with van der Waals surface area (Å²) in [6, 6.07) is 8.42. The van der Waals surface area contributed by atoms with E-state index < -0.39 is 45.6 Å². The third-order valence-electron chi connectivity index (χ3n) is 3.54. The number of hydrogen-bond acceptors (Lipinski definition) is 3. The van der Waals surface area contributed by atoms with Crippen molar-refractivity contribution in [2.75, 3.05) is 23.7 Å². The molecule has 1 amide bonds. The second-order valence-corrected chi connectivity index (χ2v) is 7.46. The first-order valence-corrected chi connectivity index (χ1v) is 9.46. The van der Waals surface area contributed by atoms with E-state index in [2.05, 4.69) is 5.32 Å². The number of amides is 1. The number of rotatable bonds is 7. The molecule has 140 valence electrons. The van der Waals surface area contributed by atoms with Crippen molar-refractivity contribution in [1.82, 2.24) is 5.32 Å². The van der Waals surface area contributed by atoms with E-state index in [9.17, 15) is 26.4 Å². The van der Waals surface area contributed by atoms with Crippen LogP contribution in [0.15, 0.2) is 42.5 Å². The van der Waals surface area contributed by atoms with Crippen molar-refractivity contribution in [3.8, 4) is 0 Å². The third-order valence-corrected chi connectivity index (χ3v) is 4.67. The number of hydrogen-bond donors (Lipinski definition) is 1. The van der Waals surface area contributed by atoms with Gasteiger partial charge in [0.25, 0.3) is 0 Å². The Morgan fingerprint density at radius 3 is 2.38 bits per heavy atom. The highest BCUT2D eigenvalue weighted by molar-refractivity contribution is 7.92. The van der Waals surface area contributed by atoms with Crippen LogP contribution in [0, 0.1) is 17.5 Å². The first kappa shape index (κ1) is 19.8. The second-order valence-electron chi connectivity index (χ2n) is 5.56. The monoisotopic (exact) mass is 386 g/mol. The van der Waals surface area contributed by atoms with E-state index >= 15 is 0 Å². The van der Waals surface area contributed by atoms with Crippen LogP contribution in [-0.2, 0) is 21.2 Å². The third kappa shape index (κ3) is 5.22. The van der Waals surface area contributed by atoms with Crippen molar-refractivity contribution in [2.24, 2.45) is 0 Å². The van der Waals surface area contributed by atoms with Crippen molar-refractivity contribution >= 4 is 21.6 Å². The Labute approximate surface area is 149 Å². The Bertz CT molecular complexity index is 904. The molecule has 0 heterocycles. The average Bonchev–Trinajstić information content (AvgIpc) is 2.54. The first-order valence-electron chi connectivity index (χ1n) is 7.61. The summed E-state index contributed by atoms with van der Waals surface area (Å²) in [5.74, 6) is -3.08. The zero-order chi connectivity index (χ0) is 19.3.